The highest BCUT2D eigenvalue weighted by molar-refractivity contribution is 6.08. The summed E-state index contributed by atoms with van der Waals surface area (Å²) in [5.41, 5.74) is 1.41. The van der Waals surface area contributed by atoms with Crippen molar-refractivity contribution in [1.82, 2.24) is 5.16 Å². The Kier molecular flexibility index (Phi) is 5.11. The summed E-state index contributed by atoms with van der Waals surface area (Å²) in [5.74, 6) is -0.694. The zero-order valence-corrected chi connectivity index (χ0v) is 14.0. The normalized spacial score (nSPS) is 13.2. The van der Waals surface area contributed by atoms with Crippen molar-refractivity contribution in [2.24, 2.45) is 0 Å². The number of carbonyl (C=O) groups is 2. The molecule has 0 saturated heterocycles. The molecule has 1 amide bonds. The van der Waals surface area contributed by atoms with Crippen LogP contribution in [0.25, 0.3) is 0 Å². The van der Waals surface area contributed by atoms with Gasteiger partial charge in [0.05, 0.1) is 6.61 Å². The number of esters is 1. The predicted octanol–water partition coefficient (Wildman–Crippen LogP) is 2.90. The van der Waals surface area contributed by atoms with Gasteiger partial charge in [-0.15, -0.1) is 0 Å². The van der Waals surface area contributed by atoms with Gasteiger partial charge in [-0.3, -0.25) is 14.5 Å². The van der Waals surface area contributed by atoms with Gasteiger partial charge in [0.25, 0.3) is 5.91 Å². The van der Waals surface area contributed by atoms with Crippen LogP contribution in [0.3, 0.4) is 0 Å². The summed E-state index contributed by atoms with van der Waals surface area (Å²) in [6.07, 6.45) is 3.43. The summed E-state index contributed by atoms with van der Waals surface area (Å²) in [5, 5.41) is 3.92. The molecule has 1 aromatic heterocycles. The van der Waals surface area contributed by atoms with Crippen LogP contribution in [0.15, 0.2) is 28.8 Å². The van der Waals surface area contributed by atoms with Crippen LogP contribution in [0.1, 0.15) is 41.6 Å². The number of hydrogen-bond acceptors (Lipinski definition) is 5. The van der Waals surface area contributed by atoms with E-state index in [1.165, 1.54) is 29.2 Å². The number of hydrogen-bond donors (Lipinski definition) is 0. The molecule has 0 fully saturated rings. The van der Waals surface area contributed by atoms with E-state index in [4.69, 9.17) is 9.26 Å². The van der Waals surface area contributed by atoms with E-state index in [1.54, 1.807) is 6.92 Å². The molecule has 1 aromatic carbocycles. The number of halogens is 1. The van der Waals surface area contributed by atoms with Crippen LogP contribution in [-0.4, -0.2) is 30.2 Å². The molecule has 0 bridgehead atoms. The summed E-state index contributed by atoms with van der Waals surface area (Å²) in [6.45, 7) is 1.62. The monoisotopic (exact) mass is 346 g/mol. The smallest absolute Gasteiger partial charge is 0.326 e. The molecule has 0 unspecified atom stereocenters. The molecular weight excluding hydrogens is 327 g/mol. The molecule has 7 heteroatoms. The van der Waals surface area contributed by atoms with Crippen molar-refractivity contribution in [2.45, 2.75) is 32.6 Å². The average Bonchev–Trinajstić information content (AvgIpc) is 3.04. The maximum Gasteiger partial charge on any atom is 0.326 e. The summed E-state index contributed by atoms with van der Waals surface area (Å²) in [6, 6.07) is 5.36. The number of amides is 1. The van der Waals surface area contributed by atoms with E-state index in [9.17, 15) is 14.0 Å². The minimum absolute atomic E-state index is 0.211. The molecule has 1 aliphatic carbocycles. The number of anilines is 1. The molecule has 0 aliphatic heterocycles. The standard InChI is InChI=1S/C18H19FN2O4/c1-2-24-16(22)11-21(13-9-7-12(19)8-10-13)18(23)17-14-5-3-4-6-15(14)25-20-17/h7-10H,2-6,11H2,1H3. The van der Waals surface area contributed by atoms with Gasteiger partial charge in [0.15, 0.2) is 5.69 Å². The van der Waals surface area contributed by atoms with Gasteiger partial charge < -0.3 is 9.26 Å². The third-order valence-electron chi connectivity index (χ3n) is 4.13. The molecule has 0 spiro atoms. The van der Waals surface area contributed by atoms with Gasteiger partial charge in [0, 0.05) is 17.7 Å². The molecular formula is C18H19FN2O4. The van der Waals surface area contributed by atoms with E-state index < -0.39 is 17.7 Å². The summed E-state index contributed by atoms with van der Waals surface area (Å²) in [7, 11) is 0. The van der Waals surface area contributed by atoms with Crippen molar-refractivity contribution < 1.29 is 23.2 Å². The van der Waals surface area contributed by atoms with Crippen molar-refractivity contribution in [3.8, 4) is 0 Å². The van der Waals surface area contributed by atoms with E-state index in [0.29, 0.717) is 5.69 Å². The minimum Gasteiger partial charge on any atom is -0.465 e. The fraction of sp³-hybridized carbons (Fsp3) is 0.389. The van der Waals surface area contributed by atoms with Crippen LogP contribution in [0.2, 0.25) is 0 Å². The molecule has 0 atom stereocenters. The highest BCUT2D eigenvalue weighted by Gasteiger charge is 2.29. The highest BCUT2D eigenvalue weighted by atomic mass is 19.1. The van der Waals surface area contributed by atoms with Crippen molar-refractivity contribution in [3.63, 3.8) is 0 Å². The van der Waals surface area contributed by atoms with Gasteiger partial charge >= 0.3 is 5.97 Å². The van der Waals surface area contributed by atoms with Crippen LogP contribution >= 0.6 is 0 Å². The van der Waals surface area contributed by atoms with Gasteiger partial charge in [-0.2, -0.15) is 0 Å². The molecule has 0 radical (unpaired) electrons. The Balaban J connectivity index is 1.92. The molecule has 132 valence electrons. The molecule has 1 aliphatic rings. The molecule has 3 rings (SSSR count). The molecule has 0 saturated carbocycles. The third kappa shape index (κ3) is 3.70. The number of carbonyl (C=O) groups excluding carboxylic acids is 2. The van der Waals surface area contributed by atoms with E-state index >= 15 is 0 Å². The number of aromatic nitrogens is 1. The van der Waals surface area contributed by atoms with Crippen molar-refractivity contribution in [3.05, 3.63) is 47.1 Å². The first kappa shape index (κ1) is 17.1. The quantitative estimate of drug-likeness (QED) is 0.779. The lowest BCUT2D eigenvalue weighted by Gasteiger charge is -2.21. The second kappa shape index (κ2) is 7.46. The van der Waals surface area contributed by atoms with E-state index in [-0.39, 0.29) is 18.8 Å². The van der Waals surface area contributed by atoms with Gasteiger partial charge in [-0.05, 0) is 50.5 Å². The number of fused-ring (bicyclic) bond motifs is 1. The maximum atomic E-state index is 13.2. The lowest BCUT2D eigenvalue weighted by molar-refractivity contribution is -0.141. The van der Waals surface area contributed by atoms with Crippen molar-refractivity contribution in [1.29, 1.82) is 0 Å². The first-order valence-corrected chi connectivity index (χ1v) is 8.30. The fourth-order valence-electron chi connectivity index (χ4n) is 2.92. The first-order chi connectivity index (χ1) is 12.1. The highest BCUT2D eigenvalue weighted by Crippen LogP contribution is 2.26. The van der Waals surface area contributed by atoms with Crippen LogP contribution in [-0.2, 0) is 22.4 Å². The topological polar surface area (TPSA) is 72.6 Å². The third-order valence-corrected chi connectivity index (χ3v) is 4.13. The zero-order valence-electron chi connectivity index (χ0n) is 14.0. The van der Waals surface area contributed by atoms with Gasteiger partial charge in [0.1, 0.15) is 18.1 Å². The summed E-state index contributed by atoms with van der Waals surface area (Å²) < 4.78 is 23.4. The molecule has 2 aromatic rings. The van der Waals surface area contributed by atoms with Crippen LogP contribution in [0.4, 0.5) is 10.1 Å². The molecule has 6 nitrogen and oxygen atoms in total. The average molecular weight is 346 g/mol. The maximum absolute atomic E-state index is 13.2. The number of benzene rings is 1. The zero-order chi connectivity index (χ0) is 17.8. The van der Waals surface area contributed by atoms with Crippen molar-refractivity contribution >= 4 is 17.6 Å². The van der Waals surface area contributed by atoms with Gasteiger partial charge in [0.2, 0.25) is 0 Å². The Morgan fingerprint density at radius 1 is 1.24 bits per heavy atom. The number of rotatable bonds is 5. The van der Waals surface area contributed by atoms with Crippen LogP contribution in [0, 0.1) is 5.82 Å². The Labute approximate surface area is 144 Å². The number of aryl methyl sites for hydroxylation is 1. The van der Waals surface area contributed by atoms with Gasteiger partial charge in [-0.25, -0.2) is 4.39 Å². The lowest BCUT2D eigenvalue weighted by Crippen LogP contribution is -2.37. The molecule has 1 heterocycles. The summed E-state index contributed by atoms with van der Waals surface area (Å²) >= 11 is 0. The first-order valence-electron chi connectivity index (χ1n) is 8.30. The largest absolute Gasteiger partial charge is 0.465 e. The second-order valence-electron chi connectivity index (χ2n) is 5.81. The second-order valence-corrected chi connectivity index (χ2v) is 5.81. The van der Waals surface area contributed by atoms with E-state index in [0.717, 1.165) is 37.0 Å². The number of ether oxygens (including phenoxy) is 1. The SMILES string of the molecule is CCOC(=O)CN(C(=O)c1noc2c1CCCC2)c1ccc(F)cc1. The Bertz CT molecular complexity index is 770. The molecule has 0 N–H and O–H groups in total. The van der Waals surface area contributed by atoms with Crippen LogP contribution < -0.4 is 4.90 Å². The minimum atomic E-state index is -0.544. The predicted molar refractivity (Wildman–Crippen MR) is 87.9 cm³/mol. The van der Waals surface area contributed by atoms with Gasteiger partial charge in [-0.1, -0.05) is 5.16 Å². The fourth-order valence-corrected chi connectivity index (χ4v) is 2.92. The van der Waals surface area contributed by atoms with E-state index in [2.05, 4.69) is 5.16 Å². The van der Waals surface area contributed by atoms with Crippen LogP contribution in [0.5, 0.6) is 0 Å². The van der Waals surface area contributed by atoms with E-state index in [1.807, 2.05) is 0 Å². The molecule has 25 heavy (non-hydrogen) atoms. The number of nitrogens with zero attached hydrogens (tertiary/aromatic N) is 2. The Morgan fingerprint density at radius 2 is 1.96 bits per heavy atom. The van der Waals surface area contributed by atoms with Crippen molar-refractivity contribution in [2.75, 3.05) is 18.1 Å². The Hall–Kier alpha value is -2.70. The lowest BCUT2D eigenvalue weighted by atomic mass is 9.96. The summed E-state index contributed by atoms with van der Waals surface area (Å²) in [4.78, 5) is 26.2. The Morgan fingerprint density at radius 3 is 2.68 bits per heavy atom.